The summed E-state index contributed by atoms with van der Waals surface area (Å²) in [6.07, 6.45) is 6.74. The van der Waals surface area contributed by atoms with Gasteiger partial charge in [-0.05, 0) is 69.3 Å². The Bertz CT molecular complexity index is 870. The van der Waals surface area contributed by atoms with Crippen molar-refractivity contribution in [3.63, 3.8) is 0 Å². The lowest BCUT2D eigenvalue weighted by Gasteiger charge is -2.34. The van der Waals surface area contributed by atoms with Crippen molar-refractivity contribution in [1.82, 2.24) is 9.21 Å². The molecule has 1 fully saturated rings. The molecule has 1 aromatic carbocycles. The monoisotopic (exact) mass is 516 g/mol. The van der Waals surface area contributed by atoms with Crippen LogP contribution >= 0.6 is 0 Å². The molecule has 0 spiro atoms. The molecule has 0 bridgehead atoms. The van der Waals surface area contributed by atoms with Crippen LogP contribution in [0.2, 0.25) is 0 Å². The maximum Gasteiger partial charge on any atom is 0.416 e. The highest BCUT2D eigenvalue weighted by molar-refractivity contribution is 7.89. The van der Waals surface area contributed by atoms with E-state index in [2.05, 4.69) is 18.1 Å². The number of alkyl halides is 3. The zero-order valence-electron chi connectivity index (χ0n) is 20.7. The summed E-state index contributed by atoms with van der Waals surface area (Å²) in [6, 6.07) is 3.49. The standard InChI is InChI=1S/C26H39F3N2O3S/c1-4-18-31(19-5-2)20-8-6-7-9-21-34-24-14-12-23(13-15-24)30(3)35(32,33)25-16-10-22(11-17-25)26(27,28)29/h4-5,10-11,16-17,23-24H,1-2,6-9,12-15,18-21H2,3H3. The molecule has 0 amide bonds. The van der Waals surface area contributed by atoms with Gasteiger partial charge >= 0.3 is 6.18 Å². The van der Waals surface area contributed by atoms with Gasteiger partial charge in [0.15, 0.2) is 0 Å². The van der Waals surface area contributed by atoms with Gasteiger partial charge in [0.2, 0.25) is 10.0 Å². The van der Waals surface area contributed by atoms with Crippen LogP contribution in [0.4, 0.5) is 13.2 Å². The normalized spacial score (nSPS) is 19.3. The van der Waals surface area contributed by atoms with E-state index in [9.17, 15) is 21.6 Å². The zero-order chi connectivity index (χ0) is 25.9. The van der Waals surface area contributed by atoms with Gasteiger partial charge in [-0.25, -0.2) is 8.42 Å². The topological polar surface area (TPSA) is 49.9 Å². The molecule has 0 atom stereocenters. The van der Waals surface area contributed by atoms with Gasteiger partial charge in [0.25, 0.3) is 0 Å². The van der Waals surface area contributed by atoms with E-state index in [1.807, 2.05) is 12.2 Å². The van der Waals surface area contributed by atoms with Crippen molar-refractivity contribution in [2.45, 2.75) is 74.6 Å². The lowest BCUT2D eigenvalue weighted by molar-refractivity contribution is -0.137. The summed E-state index contributed by atoms with van der Waals surface area (Å²) in [5.41, 5.74) is -0.862. The van der Waals surface area contributed by atoms with Crippen molar-refractivity contribution in [3.8, 4) is 0 Å². The van der Waals surface area contributed by atoms with Crippen molar-refractivity contribution in [1.29, 1.82) is 0 Å². The van der Waals surface area contributed by atoms with E-state index in [-0.39, 0.29) is 17.0 Å². The molecular formula is C26H39F3N2O3S. The molecule has 0 N–H and O–H groups in total. The first-order valence-corrected chi connectivity index (χ1v) is 13.7. The molecule has 0 saturated heterocycles. The molecule has 198 valence electrons. The number of hydrogen-bond acceptors (Lipinski definition) is 4. The Morgan fingerprint density at radius 1 is 0.971 bits per heavy atom. The van der Waals surface area contributed by atoms with Crippen LogP contribution < -0.4 is 0 Å². The molecule has 5 nitrogen and oxygen atoms in total. The summed E-state index contributed by atoms with van der Waals surface area (Å²) in [6.45, 7) is 11.1. The minimum Gasteiger partial charge on any atom is -0.378 e. The highest BCUT2D eigenvalue weighted by atomic mass is 32.2. The second-order valence-electron chi connectivity index (χ2n) is 9.10. The highest BCUT2D eigenvalue weighted by Gasteiger charge is 2.34. The molecule has 1 saturated carbocycles. The molecule has 0 heterocycles. The van der Waals surface area contributed by atoms with Crippen molar-refractivity contribution >= 4 is 10.0 Å². The lowest BCUT2D eigenvalue weighted by Crippen LogP contribution is -2.40. The first kappa shape index (κ1) is 29.5. The summed E-state index contributed by atoms with van der Waals surface area (Å²) in [4.78, 5) is 2.19. The summed E-state index contributed by atoms with van der Waals surface area (Å²) in [5, 5.41) is 0. The fourth-order valence-electron chi connectivity index (χ4n) is 4.42. The van der Waals surface area contributed by atoms with Crippen LogP contribution in [0.1, 0.15) is 56.9 Å². The fourth-order valence-corrected chi connectivity index (χ4v) is 5.83. The minimum absolute atomic E-state index is 0.122. The number of rotatable bonds is 15. The Hall–Kier alpha value is -1.68. The van der Waals surface area contributed by atoms with Gasteiger partial charge in [0.05, 0.1) is 16.6 Å². The summed E-state index contributed by atoms with van der Waals surface area (Å²) >= 11 is 0. The maximum absolute atomic E-state index is 12.9. The second-order valence-corrected chi connectivity index (χ2v) is 11.1. The number of unbranched alkanes of at least 4 members (excludes halogenated alkanes) is 3. The minimum atomic E-state index is -4.50. The van der Waals surface area contributed by atoms with Crippen molar-refractivity contribution in [2.75, 3.05) is 33.3 Å². The zero-order valence-corrected chi connectivity index (χ0v) is 21.5. The lowest BCUT2D eigenvalue weighted by atomic mass is 9.93. The number of halogens is 3. The van der Waals surface area contributed by atoms with Crippen LogP contribution in [-0.2, 0) is 20.9 Å². The third kappa shape index (κ3) is 9.37. The molecule has 35 heavy (non-hydrogen) atoms. The van der Waals surface area contributed by atoms with Crippen LogP contribution in [0.15, 0.2) is 54.5 Å². The van der Waals surface area contributed by atoms with Crippen LogP contribution in [0.3, 0.4) is 0 Å². The van der Waals surface area contributed by atoms with Gasteiger partial charge in [-0.1, -0.05) is 25.0 Å². The number of ether oxygens (including phenoxy) is 1. The van der Waals surface area contributed by atoms with Gasteiger partial charge in [0, 0.05) is 32.8 Å². The predicted molar refractivity (Wildman–Crippen MR) is 134 cm³/mol. The van der Waals surface area contributed by atoms with Crippen LogP contribution in [0, 0.1) is 0 Å². The average molecular weight is 517 g/mol. The highest BCUT2D eigenvalue weighted by Crippen LogP contribution is 2.32. The fraction of sp³-hybridized carbons (Fsp3) is 0.615. The van der Waals surface area contributed by atoms with E-state index >= 15 is 0 Å². The molecule has 9 heteroatoms. The number of hydrogen-bond donors (Lipinski definition) is 0. The van der Waals surface area contributed by atoms with E-state index in [1.165, 1.54) is 11.4 Å². The van der Waals surface area contributed by atoms with Gasteiger partial charge < -0.3 is 4.74 Å². The number of nitrogens with zero attached hydrogens (tertiary/aromatic N) is 2. The molecule has 0 aromatic heterocycles. The second kappa shape index (κ2) is 14.2. The average Bonchev–Trinajstić information content (AvgIpc) is 2.83. The summed E-state index contributed by atoms with van der Waals surface area (Å²) in [7, 11) is -2.35. The Labute approximate surface area is 208 Å². The molecule has 0 aliphatic heterocycles. The molecule has 2 rings (SSSR count). The van der Waals surface area contributed by atoms with Gasteiger partial charge in [-0.3, -0.25) is 4.90 Å². The van der Waals surface area contributed by atoms with E-state index in [4.69, 9.17) is 4.74 Å². The van der Waals surface area contributed by atoms with Crippen LogP contribution in [0.5, 0.6) is 0 Å². The smallest absolute Gasteiger partial charge is 0.378 e. The van der Waals surface area contributed by atoms with Crippen LogP contribution in [0.25, 0.3) is 0 Å². The Morgan fingerprint density at radius 3 is 2.09 bits per heavy atom. The molecule has 1 aliphatic rings. The largest absolute Gasteiger partial charge is 0.416 e. The van der Waals surface area contributed by atoms with E-state index in [1.54, 1.807) is 0 Å². The van der Waals surface area contributed by atoms with E-state index < -0.39 is 21.8 Å². The number of benzene rings is 1. The molecule has 0 unspecified atom stereocenters. The quantitative estimate of drug-likeness (QED) is 0.216. The number of sulfonamides is 1. The van der Waals surface area contributed by atoms with E-state index in [0.29, 0.717) is 19.4 Å². The van der Waals surface area contributed by atoms with Crippen molar-refractivity contribution in [2.24, 2.45) is 0 Å². The SMILES string of the molecule is C=CCN(CC=C)CCCCCCOC1CCC(N(C)S(=O)(=O)c2ccc(C(F)(F)F)cc2)CC1. The Balaban J connectivity index is 1.68. The third-order valence-electron chi connectivity index (χ3n) is 6.51. The van der Waals surface area contributed by atoms with Gasteiger partial charge in [-0.2, -0.15) is 17.5 Å². The van der Waals surface area contributed by atoms with Gasteiger partial charge in [-0.15, -0.1) is 13.2 Å². The first-order valence-electron chi connectivity index (χ1n) is 12.3. The predicted octanol–water partition coefficient (Wildman–Crippen LogP) is 5.89. The molecule has 1 aromatic rings. The van der Waals surface area contributed by atoms with E-state index in [0.717, 1.165) is 82.4 Å². The molecule has 0 radical (unpaired) electrons. The summed E-state index contributed by atoms with van der Waals surface area (Å²) < 4.78 is 71.4. The van der Waals surface area contributed by atoms with Crippen molar-refractivity contribution in [3.05, 3.63) is 55.1 Å². The third-order valence-corrected chi connectivity index (χ3v) is 8.44. The molecule has 1 aliphatic carbocycles. The Kier molecular flexibility index (Phi) is 12.0. The van der Waals surface area contributed by atoms with Crippen LogP contribution in [-0.4, -0.2) is 63.1 Å². The van der Waals surface area contributed by atoms with Crippen molar-refractivity contribution < 1.29 is 26.3 Å². The first-order chi connectivity index (χ1) is 16.6. The Morgan fingerprint density at radius 2 is 1.54 bits per heavy atom. The maximum atomic E-state index is 12.9. The van der Waals surface area contributed by atoms with Gasteiger partial charge in [0.1, 0.15) is 0 Å². The summed E-state index contributed by atoms with van der Waals surface area (Å²) in [5.74, 6) is 0. The molecular weight excluding hydrogens is 477 g/mol.